The first-order valence-electron chi connectivity index (χ1n) is 4.74. The number of ether oxygens (including phenoxy) is 1. The third-order valence-corrected chi connectivity index (χ3v) is 4.27. The highest BCUT2D eigenvalue weighted by atomic mass is 79.9. The fourth-order valence-electron chi connectivity index (χ4n) is 1.17. The number of nitrogens with two attached hydrogens (primary N) is 1. The van der Waals surface area contributed by atoms with E-state index in [0.717, 1.165) is 0 Å². The number of nitrogens with one attached hydrogen (secondary N) is 1. The van der Waals surface area contributed by atoms with Gasteiger partial charge in [0.15, 0.2) is 0 Å². The van der Waals surface area contributed by atoms with Crippen LogP contribution in [0.25, 0.3) is 0 Å². The first-order valence-corrected chi connectivity index (χ1v) is 7.39. The molecule has 0 amide bonds. The number of benzene rings is 1. The summed E-state index contributed by atoms with van der Waals surface area (Å²) in [6.45, 7) is 3.33. The van der Waals surface area contributed by atoms with Gasteiger partial charge in [0.2, 0.25) is 10.0 Å². The van der Waals surface area contributed by atoms with Gasteiger partial charge in [0.05, 0.1) is 7.11 Å². The van der Waals surface area contributed by atoms with E-state index in [9.17, 15) is 8.42 Å². The number of sulfonamides is 1. The van der Waals surface area contributed by atoms with Gasteiger partial charge in [-0.3, -0.25) is 0 Å². The van der Waals surface area contributed by atoms with E-state index >= 15 is 0 Å². The van der Waals surface area contributed by atoms with Gasteiger partial charge in [0.1, 0.15) is 10.6 Å². The Bertz CT molecular complexity index is 575. The molecule has 0 saturated heterocycles. The van der Waals surface area contributed by atoms with Crippen molar-refractivity contribution in [2.75, 3.05) is 19.4 Å². The van der Waals surface area contributed by atoms with Gasteiger partial charge in [-0.15, -0.1) is 0 Å². The third kappa shape index (κ3) is 3.61. The number of anilines is 1. The van der Waals surface area contributed by atoms with Crippen molar-refractivity contribution in [2.45, 2.75) is 4.90 Å². The second-order valence-corrected chi connectivity index (χ2v) is 6.49. The lowest BCUT2D eigenvalue weighted by atomic mass is 10.3. The smallest absolute Gasteiger partial charge is 0.244 e. The fourth-order valence-corrected chi connectivity index (χ4v) is 2.85. The van der Waals surface area contributed by atoms with Crippen LogP contribution in [0.15, 0.2) is 33.1 Å². The molecule has 0 aliphatic heterocycles. The Morgan fingerprint density at radius 3 is 2.72 bits per heavy atom. The predicted octanol–water partition coefficient (Wildman–Crippen LogP) is 2.07. The minimum atomic E-state index is -3.76. The Balaban J connectivity index is 3.23. The van der Waals surface area contributed by atoms with E-state index in [1.807, 2.05) is 0 Å². The Morgan fingerprint density at radius 1 is 1.61 bits per heavy atom. The molecule has 0 bridgehead atoms. The van der Waals surface area contributed by atoms with Crippen molar-refractivity contribution in [1.29, 1.82) is 0 Å². The van der Waals surface area contributed by atoms with Gasteiger partial charge in [-0.05, 0) is 28.1 Å². The lowest BCUT2D eigenvalue weighted by Gasteiger charge is -2.12. The molecule has 5 nitrogen and oxygen atoms in total. The van der Waals surface area contributed by atoms with Crippen LogP contribution < -0.4 is 15.2 Å². The first-order chi connectivity index (χ1) is 8.27. The molecule has 0 heterocycles. The average molecular weight is 356 g/mol. The molecule has 0 unspecified atom stereocenters. The molecule has 3 N–H and O–H groups in total. The van der Waals surface area contributed by atoms with Gasteiger partial charge in [-0.2, -0.15) is 0 Å². The zero-order valence-corrected chi connectivity index (χ0v) is 12.7. The van der Waals surface area contributed by atoms with Gasteiger partial charge >= 0.3 is 0 Å². The fraction of sp³-hybridized carbons (Fsp3) is 0.200. The number of halogens is 2. The Kier molecular flexibility index (Phi) is 5.03. The molecule has 0 radical (unpaired) electrons. The number of hydrogen-bond acceptors (Lipinski definition) is 4. The number of nitrogen functional groups attached to an aromatic ring is 1. The monoisotopic (exact) mass is 354 g/mol. The maximum Gasteiger partial charge on any atom is 0.244 e. The highest BCUT2D eigenvalue weighted by Gasteiger charge is 2.20. The SMILES string of the molecule is C=C(Cl)CNS(=O)(=O)c1cc(N)c(Br)cc1OC. The van der Waals surface area contributed by atoms with E-state index in [4.69, 9.17) is 22.1 Å². The van der Waals surface area contributed by atoms with Crippen LogP contribution >= 0.6 is 27.5 Å². The lowest BCUT2D eigenvalue weighted by molar-refractivity contribution is 0.402. The Morgan fingerprint density at radius 2 is 2.22 bits per heavy atom. The van der Waals surface area contributed by atoms with Crippen LogP contribution in [-0.4, -0.2) is 22.1 Å². The van der Waals surface area contributed by atoms with Crippen molar-refractivity contribution in [3.8, 4) is 5.75 Å². The van der Waals surface area contributed by atoms with Gasteiger partial charge in [0, 0.05) is 21.7 Å². The van der Waals surface area contributed by atoms with Crippen LogP contribution in [0.4, 0.5) is 5.69 Å². The van der Waals surface area contributed by atoms with Gasteiger partial charge < -0.3 is 10.5 Å². The maximum absolute atomic E-state index is 12.0. The highest BCUT2D eigenvalue weighted by Crippen LogP contribution is 2.32. The summed E-state index contributed by atoms with van der Waals surface area (Å²) in [5.74, 6) is 0.184. The second-order valence-electron chi connectivity index (χ2n) is 3.37. The number of rotatable bonds is 5. The molecule has 1 aromatic rings. The van der Waals surface area contributed by atoms with Crippen molar-refractivity contribution in [1.82, 2.24) is 4.72 Å². The Labute approximate surface area is 119 Å². The largest absolute Gasteiger partial charge is 0.495 e. The summed E-state index contributed by atoms with van der Waals surface area (Å²) < 4.78 is 31.9. The molecule has 1 aromatic carbocycles. The molecule has 8 heteroatoms. The summed E-state index contributed by atoms with van der Waals surface area (Å²) in [5, 5.41) is 0.183. The molecule has 0 aromatic heterocycles. The number of hydrogen-bond donors (Lipinski definition) is 2. The summed E-state index contributed by atoms with van der Waals surface area (Å²) in [7, 11) is -2.39. The van der Waals surface area contributed by atoms with E-state index in [1.165, 1.54) is 19.2 Å². The molecule has 0 spiro atoms. The molecule has 0 saturated carbocycles. The normalized spacial score (nSPS) is 11.3. The highest BCUT2D eigenvalue weighted by molar-refractivity contribution is 9.10. The molecular weight excluding hydrogens is 344 g/mol. The van der Waals surface area contributed by atoms with E-state index < -0.39 is 10.0 Å². The van der Waals surface area contributed by atoms with Crippen LogP contribution in [0.5, 0.6) is 5.75 Å². The minimum Gasteiger partial charge on any atom is -0.495 e. The summed E-state index contributed by atoms with van der Waals surface area (Å²) in [6.07, 6.45) is 0. The second kappa shape index (κ2) is 5.92. The van der Waals surface area contributed by atoms with Crippen LogP contribution in [-0.2, 0) is 10.0 Å². The molecule has 0 aliphatic rings. The molecule has 18 heavy (non-hydrogen) atoms. The van der Waals surface area contributed by atoms with Gasteiger partial charge in [-0.25, -0.2) is 13.1 Å². The molecule has 100 valence electrons. The summed E-state index contributed by atoms with van der Waals surface area (Å²) in [5.41, 5.74) is 5.95. The maximum atomic E-state index is 12.0. The molecule has 0 atom stereocenters. The van der Waals surface area contributed by atoms with Crippen LogP contribution in [0.3, 0.4) is 0 Å². The van der Waals surface area contributed by atoms with Crippen molar-refractivity contribution in [3.63, 3.8) is 0 Å². The minimum absolute atomic E-state index is 0.0522. The van der Waals surface area contributed by atoms with Crippen molar-refractivity contribution in [2.24, 2.45) is 0 Å². The summed E-state index contributed by atoms with van der Waals surface area (Å²) in [4.78, 5) is -0.0522. The van der Waals surface area contributed by atoms with E-state index in [0.29, 0.717) is 10.2 Å². The van der Waals surface area contributed by atoms with Gasteiger partial charge in [-0.1, -0.05) is 18.2 Å². The number of methoxy groups -OCH3 is 1. The molecule has 0 fully saturated rings. The third-order valence-electron chi connectivity index (χ3n) is 2.03. The summed E-state index contributed by atoms with van der Waals surface area (Å²) in [6, 6.07) is 2.79. The van der Waals surface area contributed by atoms with Crippen LogP contribution in [0.2, 0.25) is 0 Å². The van der Waals surface area contributed by atoms with E-state index in [2.05, 4.69) is 27.2 Å². The van der Waals surface area contributed by atoms with Crippen LogP contribution in [0, 0.1) is 0 Å². The Hall–Kier alpha value is -0.760. The van der Waals surface area contributed by atoms with Crippen molar-refractivity contribution in [3.05, 3.63) is 28.2 Å². The quantitative estimate of drug-likeness (QED) is 0.792. The predicted molar refractivity (Wildman–Crippen MR) is 75.3 cm³/mol. The summed E-state index contributed by atoms with van der Waals surface area (Å²) >= 11 is 8.71. The van der Waals surface area contributed by atoms with Crippen molar-refractivity contribution < 1.29 is 13.2 Å². The standard InChI is InChI=1S/C10H12BrClN2O3S/c1-6(12)5-14-18(15,16)10-4-8(13)7(11)3-9(10)17-2/h3-4,14H,1,5,13H2,2H3. The van der Waals surface area contributed by atoms with E-state index in [1.54, 1.807) is 0 Å². The first kappa shape index (κ1) is 15.3. The molecule has 1 rings (SSSR count). The zero-order chi connectivity index (χ0) is 13.9. The van der Waals surface area contributed by atoms with Crippen LogP contribution in [0.1, 0.15) is 0 Å². The van der Waals surface area contributed by atoms with E-state index in [-0.39, 0.29) is 22.2 Å². The molecule has 0 aliphatic carbocycles. The lowest BCUT2D eigenvalue weighted by Crippen LogP contribution is -2.25. The van der Waals surface area contributed by atoms with Crippen molar-refractivity contribution >= 4 is 43.2 Å². The average Bonchev–Trinajstić information content (AvgIpc) is 2.29. The topological polar surface area (TPSA) is 81.4 Å². The molecular formula is C10H12BrClN2O3S. The van der Waals surface area contributed by atoms with Gasteiger partial charge in [0.25, 0.3) is 0 Å². The zero-order valence-electron chi connectivity index (χ0n) is 9.54.